The number of rotatable bonds is 3. The Hall–Kier alpha value is -1.43. The number of H-pyrrole nitrogens is 1. The van der Waals surface area contributed by atoms with Gasteiger partial charge in [-0.25, -0.2) is 4.98 Å². The Labute approximate surface area is 87.6 Å². The Kier molecular flexibility index (Phi) is 2.96. The van der Waals surface area contributed by atoms with Gasteiger partial charge in [-0.05, 0) is 12.8 Å². The molecule has 0 aliphatic carbocycles. The van der Waals surface area contributed by atoms with Crippen molar-refractivity contribution in [3.8, 4) is 0 Å². The van der Waals surface area contributed by atoms with Gasteiger partial charge in [-0.2, -0.15) is 5.10 Å². The molecule has 1 atom stereocenters. The molecule has 0 saturated carbocycles. The number of likely N-dealkylation sites (N-methyl/N-ethyl adjacent to an activating group) is 1. The molecular weight excluding hydrogens is 196 g/mol. The molecule has 82 valence electrons. The molecule has 0 aromatic carbocycles. The molecule has 6 nitrogen and oxygen atoms in total. The van der Waals surface area contributed by atoms with Crippen LogP contribution in [0.25, 0.3) is 0 Å². The summed E-state index contributed by atoms with van der Waals surface area (Å²) in [6, 6.07) is 0. The maximum absolute atomic E-state index is 11.8. The van der Waals surface area contributed by atoms with E-state index in [0.717, 1.165) is 12.8 Å². The summed E-state index contributed by atoms with van der Waals surface area (Å²) in [5.74, 6) is 0.702. The van der Waals surface area contributed by atoms with Crippen molar-refractivity contribution >= 4 is 5.91 Å². The number of nitrogens with zero attached hydrogens (tertiary/aromatic N) is 3. The van der Waals surface area contributed by atoms with Gasteiger partial charge in [0.2, 0.25) is 0 Å². The van der Waals surface area contributed by atoms with Crippen molar-refractivity contribution < 1.29 is 9.53 Å². The summed E-state index contributed by atoms with van der Waals surface area (Å²) in [4.78, 5) is 17.4. The van der Waals surface area contributed by atoms with Crippen LogP contribution in [0.1, 0.15) is 18.7 Å². The number of aromatic nitrogens is 3. The third-order valence-corrected chi connectivity index (χ3v) is 2.43. The molecule has 1 N–H and O–H groups in total. The first-order chi connectivity index (χ1) is 7.27. The monoisotopic (exact) mass is 210 g/mol. The van der Waals surface area contributed by atoms with Crippen LogP contribution in [0.5, 0.6) is 0 Å². The van der Waals surface area contributed by atoms with Crippen molar-refractivity contribution in [1.29, 1.82) is 0 Å². The highest BCUT2D eigenvalue weighted by Gasteiger charge is 2.26. The third kappa shape index (κ3) is 2.33. The predicted octanol–water partition coefficient (Wildman–Crippen LogP) is -0.0579. The highest BCUT2D eigenvalue weighted by molar-refractivity contribution is 5.80. The van der Waals surface area contributed by atoms with Crippen molar-refractivity contribution in [1.82, 2.24) is 20.1 Å². The smallest absolute Gasteiger partial charge is 0.251 e. The first-order valence-electron chi connectivity index (χ1n) is 4.98. The van der Waals surface area contributed by atoms with Gasteiger partial charge in [0.05, 0.1) is 6.54 Å². The van der Waals surface area contributed by atoms with Crippen LogP contribution in [0.3, 0.4) is 0 Å². The van der Waals surface area contributed by atoms with Gasteiger partial charge >= 0.3 is 0 Å². The molecule has 1 aliphatic rings. The number of ether oxygens (including phenoxy) is 1. The number of amides is 1. The van der Waals surface area contributed by atoms with E-state index >= 15 is 0 Å². The lowest BCUT2D eigenvalue weighted by atomic mass is 10.2. The second-order valence-corrected chi connectivity index (χ2v) is 3.63. The van der Waals surface area contributed by atoms with Gasteiger partial charge in [-0.3, -0.25) is 9.89 Å². The predicted molar refractivity (Wildman–Crippen MR) is 51.8 cm³/mol. The van der Waals surface area contributed by atoms with Crippen molar-refractivity contribution in [2.75, 3.05) is 13.7 Å². The number of nitrogens with one attached hydrogen (secondary N) is 1. The first kappa shape index (κ1) is 10.1. The summed E-state index contributed by atoms with van der Waals surface area (Å²) in [6.07, 6.45) is 2.95. The average Bonchev–Trinajstić information content (AvgIpc) is 2.88. The van der Waals surface area contributed by atoms with Crippen LogP contribution in [-0.4, -0.2) is 45.7 Å². The standard InChI is InChI=1S/C9H14N4O2/c1-13(5-8-10-6-11-12-8)9(14)7-3-2-4-15-7/h6-7H,2-5H2,1H3,(H,10,11,12). The largest absolute Gasteiger partial charge is 0.368 e. The summed E-state index contributed by atoms with van der Waals surface area (Å²) in [5.41, 5.74) is 0. The van der Waals surface area contributed by atoms with E-state index in [1.165, 1.54) is 6.33 Å². The lowest BCUT2D eigenvalue weighted by Gasteiger charge is -2.19. The lowest BCUT2D eigenvalue weighted by Crippen LogP contribution is -2.35. The summed E-state index contributed by atoms with van der Waals surface area (Å²) in [5, 5.41) is 6.44. The van der Waals surface area contributed by atoms with E-state index < -0.39 is 0 Å². The van der Waals surface area contributed by atoms with Crippen LogP contribution in [0.15, 0.2) is 6.33 Å². The third-order valence-electron chi connectivity index (χ3n) is 2.43. The molecule has 1 amide bonds. The van der Waals surface area contributed by atoms with Crippen LogP contribution in [0.2, 0.25) is 0 Å². The Bertz CT molecular complexity index is 319. The van der Waals surface area contributed by atoms with E-state index in [4.69, 9.17) is 4.74 Å². The Morgan fingerprint density at radius 1 is 1.80 bits per heavy atom. The van der Waals surface area contributed by atoms with Crippen molar-refractivity contribution in [3.05, 3.63) is 12.2 Å². The highest BCUT2D eigenvalue weighted by atomic mass is 16.5. The van der Waals surface area contributed by atoms with Gasteiger partial charge in [-0.1, -0.05) is 0 Å². The second kappa shape index (κ2) is 4.39. The summed E-state index contributed by atoms with van der Waals surface area (Å²) < 4.78 is 5.32. The number of hydrogen-bond acceptors (Lipinski definition) is 4. The molecule has 6 heteroatoms. The van der Waals surface area contributed by atoms with Crippen molar-refractivity contribution in [2.24, 2.45) is 0 Å². The van der Waals surface area contributed by atoms with Crippen molar-refractivity contribution in [2.45, 2.75) is 25.5 Å². The zero-order valence-electron chi connectivity index (χ0n) is 8.64. The molecule has 1 fully saturated rings. The topological polar surface area (TPSA) is 71.1 Å². The molecule has 2 rings (SSSR count). The molecule has 0 bridgehead atoms. The van der Waals surface area contributed by atoms with Crippen LogP contribution in [0.4, 0.5) is 0 Å². The van der Waals surface area contributed by atoms with Gasteiger partial charge in [-0.15, -0.1) is 0 Å². The van der Waals surface area contributed by atoms with Crippen LogP contribution in [0, 0.1) is 0 Å². The second-order valence-electron chi connectivity index (χ2n) is 3.63. The normalized spacial score (nSPS) is 20.5. The molecule has 15 heavy (non-hydrogen) atoms. The number of carbonyl (C=O) groups excluding carboxylic acids is 1. The fraction of sp³-hybridized carbons (Fsp3) is 0.667. The first-order valence-corrected chi connectivity index (χ1v) is 4.98. The molecule has 1 unspecified atom stereocenters. The fourth-order valence-corrected chi connectivity index (χ4v) is 1.63. The van der Waals surface area contributed by atoms with E-state index in [1.807, 2.05) is 0 Å². The molecule has 1 aromatic rings. The molecule has 1 saturated heterocycles. The minimum atomic E-state index is -0.266. The number of aromatic amines is 1. The van der Waals surface area contributed by atoms with Gasteiger partial charge in [0, 0.05) is 13.7 Å². The molecule has 1 aromatic heterocycles. The molecule has 2 heterocycles. The van der Waals surface area contributed by atoms with Crippen LogP contribution in [-0.2, 0) is 16.1 Å². The molecular formula is C9H14N4O2. The van der Waals surface area contributed by atoms with Crippen molar-refractivity contribution in [3.63, 3.8) is 0 Å². The summed E-state index contributed by atoms with van der Waals surface area (Å²) in [7, 11) is 1.74. The van der Waals surface area contributed by atoms with E-state index in [9.17, 15) is 4.79 Å². The summed E-state index contributed by atoms with van der Waals surface area (Å²) >= 11 is 0. The summed E-state index contributed by atoms with van der Waals surface area (Å²) in [6.45, 7) is 1.13. The zero-order chi connectivity index (χ0) is 10.7. The SMILES string of the molecule is CN(Cc1ncn[nH]1)C(=O)C1CCCO1. The maximum atomic E-state index is 11.8. The Balaban J connectivity index is 1.89. The number of carbonyl (C=O) groups is 1. The minimum Gasteiger partial charge on any atom is -0.368 e. The van der Waals surface area contributed by atoms with Crippen LogP contribution >= 0.6 is 0 Å². The van der Waals surface area contributed by atoms with Gasteiger partial charge in [0.15, 0.2) is 0 Å². The molecule has 1 aliphatic heterocycles. The molecule has 0 radical (unpaired) electrons. The van der Waals surface area contributed by atoms with Gasteiger partial charge in [0.1, 0.15) is 18.3 Å². The fourth-order valence-electron chi connectivity index (χ4n) is 1.63. The van der Waals surface area contributed by atoms with Gasteiger partial charge in [0.25, 0.3) is 5.91 Å². The van der Waals surface area contributed by atoms with E-state index in [0.29, 0.717) is 19.0 Å². The Morgan fingerprint density at radius 2 is 2.67 bits per heavy atom. The lowest BCUT2D eigenvalue weighted by molar-refractivity contribution is -0.140. The van der Waals surface area contributed by atoms with Gasteiger partial charge < -0.3 is 9.64 Å². The van der Waals surface area contributed by atoms with E-state index in [2.05, 4.69) is 15.2 Å². The average molecular weight is 210 g/mol. The van der Waals surface area contributed by atoms with E-state index in [1.54, 1.807) is 11.9 Å². The maximum Gasteiger partial charge on any atom is 0.251 e. The van der Waals surface area contributed by atoms with Crippen LogP contribution < -0.4 is 0 Å². The zero-order valence-corrected chi connectivity index (χ0v) is 8.64. The molecule has 0 spiro atoms. The van der Waals surface area contributed by atoms with E-state index in [-0.39, 0.29) is 12.0 Å². The number of hydrogen-bond donors (Lipinski definition) is 1. The quantitative estimate of drug-likeness (QED) is 0.758. The Morgan fingerprint density at radius 3 is 3.27 bits per heavy atom. The highest BCUT2D eigenvalue weighted by Crippen LogP contribution is 2.14. The minimum absolute atomic E-state index is 0.0175.